The second-order valence-corrected chi connectivity index (χ2v) is 4.91. The van der Waals surface area contributed by atoms with Gasteiger partial charge in [-0.05, 0) is 25.1 Å². The molecule has 0 aliphatic rings. The minimum atomic E-state index is -0.525. The van der Waals surface area contributed by atoms with Crippen molar-refractivity contribution in [2.75, 3.05) is 11.9 Å². The molecule has 118 valence electrons. The Balaban J connectivity index is 2.38. The maximum absolute atomic E-state index is 11.1. The van der Waals surface area contributed by atoms with Crippen LogP contribution in [0.15, 0.2) is 72.8 Å². The van der Waals surface area contributed by atoms with E-state index in [4.69, 9.17) is 4.74 Å². The van der Waals surface area contributed by atoms with Crippen LogP contribution >= 0.6 is 0 Å². The summed E-state index contributed by atoms with van der Waals surface area (Å²) in [7, 11) is 1.80. The number of rotatable bonds is 6. The number of nitro groups is 1. The molecule has 0 saturated carbocycles. The third kappa shape index (κ3) is 4.16. The normalized spacial score (nSPS) is 11.0. The molecule has 0 aliphatic heterocycles. The van der Waals surface area contributed by atoms with Crippen molar-refractivity contribution in [3.63, 3.8) is 0 Å². The van der Waals surface area contributed by atoms with Gasteiger partial charge < -0.3 is 9.64 Å². The van der Waals surface area contributed by atoms with Crippen molar-refractivity contribution in [3.05, 3.63) is 82.9 Å². The molecule has 0 atom stereocenters. The first-order chi connectivity index (χ1) is 11.0. The van der Waals surface area contributed by atoms with Crippen LogP contribution in [0.5, 0.6) is 5.88 Å². The Morgan fingerprint density at radius 2 is 2.00 bits per heavy atom. The van der Waals surface area contributed by atoms with Crippen LogP contribution in [0.1, 0.15) is 6.92 Å². The minimum Gasteiger partial charge on any atom is -0.416 e. The highest BCUT2D eigenvalue weighted by Gasteiger charge is 2.19. The van der Waals surface area contributed by atoms with E-state index >= 15 is 0 Å². The van der Waals surface area contributed by atoms with Crippen LogP contribution in [0, 0.1) is 10.1 Å². The van der Waals surface area contributed by atoms with Gasteiger partial charge in [0.1, 0.15) is 0 Å². The highest BCUT2D eigenvalue weighted by Crippen LogP contribution is 2.27. The van der Waals surface area contributed by atoms with E-state index in [0.29, 0.717) is 5.88 Å². The van der Waals surface area contributed by atoms with Gasteiger partial charge >= 0.3 is 11.6 Å². The van der Waals surface area contributed by atoms with Gasteiger partial charge in [-0.15, -0.1) is 0 Å². The molecule has 0 amide bonds. The average molecular weight is 311 g/mol. The van der Waals surface area contributed by atoms with Crippen molar-refractivity contribution in [3.8, 4) is 5.88 Å². The van der Waals surface area contributed by atoms with Crippen LogP contribution in [0.25, 0.3) is 0 Å². The summed E-state index contributed by atoms with van der Waals surface area (Å²) >= 11 is 0. The first-order valence-electron chi connectivity index (χ1n) is 6.92. The number of ether oxygens (including phenoxy) is 1. The molecule has 1 aromatic carbocycles. The largest absolute Gasteiger partial charge is 0.416 e. The van der Waals surface area contributed by atoms with Crippen molar-refractivity contribution >= 4 is 11.4 Å². The lowest BCUT2D eigenvalue weighted by Crippen LogP contribution is -2.21. The molecule has 1 aromatic heterocycles. The number of pyridine rings is 1. The lowest BCUT2D eigenvalue weighted by molar-refractivity contribution is -0.386. The van der Waals surface area contributed by atoms with Crippen molar-refractivity contribution in [2.24, 2.45) is 0 Å². The molecule has 0 saturated heterocycles. The molecule has 0 N–H and O–H groups in total. The van der Waals surface area contributed by atoms with Crippen LogP contribution < -0.4 is 9.64 Å². The molecule has 0 fully saturated rings. The number of hydrogen-bond acceptors (Lipinski definition) is 5. The summed E-state index contributed by atoms with van der Waals surface area (Å²) in [6, 6.07) is 12.4. The number of aromatic nitrogens is 1. The molecule has 0 unspecified atom stereocenters. The van der Waals surface area contributed by atoms with Crippen molar-refractivity contribution < 1.29 is 9.66 Å². The monoisotopic (exact) mass is 311 g/mol. The second-order valence-electron chi connectivity index (χ2n) is 4.91. The molecule has 0 spiro atoms. The van der Waals surface area contributed by atoms with Gasteiger partial charge in [0.25, 0.3) is 0 Å². The Bertz CT molecular complexity index is 742. The predicted molar refractivity (Wildman–Crippen MR) is 89.3 cm³/mol. The molecule has 23 heavy (non-hydrogen) atoms. The highest BCUT2D eigenvalue weighted by molar-refractivity contribution is 5.52. The van der Waals surface area contributed by atoms with Crippen LogP contribution in [0.2, 0.25) is 0 Å². The fourth-order valence-electron chi connectivity index (χ4n) is 1.88. The summed E-state index contributed by atoms with van der Waals surface area (Å²) in [5, 5.41) is 11.1. The van der Waals surface area contributed by atoms with E-state index in [2.05, 4.69) is 11.6 Å². The van der Waals surface area contributed by atoms with E-state index in [1.807, 2.05) is 37.3 Å². The summed E-state index contributed by atoms with van der Waals surface area (Å²) in [6.07, 6.45) is 3.15. The van der Waals surface area contributed by atoms with Crippen LogP contribution in [-0.4, -0.2) is 17.0 Å². The molecular weight excluding hydrogens is 294 g/mol. The Morgan fingerprint density at radius 1 is 1.30 bits per heavy atom. The van der Waals surface area contributed by atoms with E-state index in [1.165, 1.54) is 18.3 Å². The number of nitrogens with zero attached hydrogens (tertiary/aromatic N) is 3. The summed E-state index contributed by atoms with van der Waals surface area (Å²) < 4.78 is 5.71. The van der Waals surface area contributed by atoms with E-state index in [-0.39, 0.29) is 11.6 Å². The van der Waals surface area contributed by atoms with Gasteiger partial charge in [-0.1, -0.05) is 30.4 Å². The fourth-order valence-corrected chi connectivity index (χ4v) is 1.88. The van der Waals surface area contributed by atoms with Gasteiger partial charge in [0.05, 0.1) is 4.92 Å². The molecule has 6 heteroatoms. The lowest BCUT2D eigenvalue weighted by atomic mass is 10.3. The smallest absolute Gasteiger partial charge is 0.331 e. The van der Waals surface area contributed by atoms with E-state index < -0.39 is 4.92 Å². The quantitative estimate of drug-likeness (QED) is 0.350. The van der Waals surface area contributed by atoms with Crippen molar-refractivity contribution in [1.82, 2.24) is 4.98 Å². The predicted octanol–water partition coefficient (Wildman–Crippen LogP) is 3.92. The fraction of sp³-hybridized carbons (Fsp3) is 0.118. The van der Waals surface area contributed by atoms with Gasteiger partial charge in [0.2, 0.25) is 5.88 Å². The van der Waals surface area contributed by atoms with E-state index in [0.717, 1.165) is 11.3 Å². The van der Waals surface area contributed by atoms with Gasteiger partial charge in [-0.3, -0.25) is 10.1 Å². The summed E-state index contributed by atoms with van der Waals surface area (Å²) in [5.74, 6) is 0.332. The Hall–Kier alpha value is -3.15. The first kappa shape index (κ1) is 16.2. The summed E-state index contributed by atoms with van der Waals surface area (Å²) in [5.41, 5.74) is 1.43. The molecule has 2 rings (SSSR count). The van der Waals surface area contributed by atoms with Crippen LogP contribution in [0.3, 0.4) is 0 Å². The summed E-state index contributed by atoms with van der Waals surface area (Å²) in [6.45, 7) is 5.65. The molecule has 0 aliphatic carbocycles. The third-order valence-corrected chi connectivity index (χ3v) is 2.99. The van der Waals surface area contributed by atoms with Gasteiger partial charge in [-0.2, -0.15) is 0 Å². The zero-order valence-electron chi connectivity index (χ0n) is 13.0. The van der Waals surface area contributed by atoms with E-state index in [1.54, 1.807) is 18.0 Å². The molecule has 6 nitrogen and oxygen atoms in total. The Labute approximate surface area is 134 Å². The van der Waals surface area contributed by atoms with Crippen LogP contribution in [-0.2, 0) is 0 Å². The van der Waals surface area contributed by atoms with Crippen molar-refractivity contribution in [1.29, 1.82) is 0 Å². The van der Waals surface area contributed by atoms with Gasteiger partial charge in [0, 0.05) is 31.1 Å². The van der Waals surface area contributed by atoms with Gasteiger partial charge in [0.15, 0.2) is 0 Å². The lowest BCUT2D eigenvalue weighted by Gasteiger charge is -2.22. The maximum atomic E-state index is 11.1. The number of anilines is 1. The number of hydrogen-bond donors (Lipinski definition) is 0. The number of allylic oxidation sites excluding steroid dienone is 2. The molecule has 1 heterocycles. The second kappa shape index (κ2) is 7.22. The summed E-state index contributed by atoms with van der Waals surface area (Å²) in [4.78, 5) is 16.3. The Kier molecular flexibility index (Phi) is 5.09. The van der Waals surface area contributed by atoms with Gasteiger partial charge in [-0.25, -0.2) is 4.98 Å². The zero-order valence-corrected chi connectivity index (χ0v) is 13.0. The average Bonchev–Trinajstić information content (AvgIpc) is 2.54. The maximum Gasteiger partial charge on any atom is 0.331 e. The Morgan fingerprint density at radius 3 is 2.61 bits per heavy atom. The number of benzene rings is 1. The minimum absolute atomic E-state index is 0.0622. The topological polar surface area (TPSA) is 68.5 Å². The molecule has 2 aromatic rings. The van der Waals surface area contributed by atoms with Crippen LogP contribution in [0.4, 0.5) is 11.4 Å². The first-order valence-corrected chi connectivity index (χ1v) is 6.92. The SMILES string of the molecule is C=C(C)/C=C(/Oc1ncccc1[N+](=O)[O-])N(C)c1ccccc1. The standard InChI is InChI=1S/C17H17N3O3/c1-13(2)12-16(19(3)14-8-5-4-6-9-14)23-17-15(20(21)22)10-7-11-18-17/h4-12H,1H2,2-3H3/b16-12+. The molecule has 0 radical (unpaired) electrons. The third-order valence-electron chi connectivity index (χ3n) is 2.99. The molecule has 0 bridgehead atoms. The highest BCUT2D eigenvalue weighted by atomic mass is 16.6. The van der Waals surface area contributed by atoms with Crippen molar-refractivity contribution in [2.45, 2.75) is 6.92 Å². The zero-order chi connectivity index (χ0) is 16.8. The van der Waals surface area contributed by atoms with E-state index in [9.17, 15) is 10.1 Å². The molecular formula is C17H17N3O3. The number of para-hydroxylation sites is 1.